The number of ether oxygens (including phenoxy) is 1. The SMILES string of the molecule is NCc1ccnc2c(Br)c(C3CCOCC3)nn12. The van der Waals surface area contributed by atoms with Crippen molar-refractivity contribution in [3.8, 4) is 0 Å². The number of rotatable bonds is 2. The van der Waals surface area contributed by atoms with Crippen LogP contribution in [0.1, 0.15) is 30.1 Å². The second-order valence-electron chi connectivity index (χ2n) is 4.46. The molecule has 2 N–H and O–H groups in total. The van der Waals surface area contributed by atoms with Crippen LogP contribution in [0.2, 0.25) is 0 Å². The Balaban J connectivity index is 2.09. The molecule has 0 atom stereocenters. The fraction of sp³-hybridized carbons (Fsp3) is 0.500. The summed E-state index contributed by atoms with van der Waals surface area (Å²) in [5.74, 6) is 0.445. The van der Waals surface area contributed by atoms with Gasteiger partial charge in [-0.25, -0.2) is 9.50 Å². The first-order valence-corrected chi connectivity index (χ1v) is 6.90. The van der Waals surface area contributed by atoms with Crippen molar-refractivity contribution in [1.29, 1.82) is 0 Å². The van der Waals surface area contributed by atoms with Crippen molar-refractivity contribution >= 4 is 21.6 Å². The van der Waals surface area contributed by atoms with E-state index in [4.69, 9.17) is 10.5 Å². The first-order chi connectivity index (χ1) is 8.81. The second-order valence-corrected chi connectivity index (χ2v) is 5.25. The summed E-state index contributed by atoms with van der Waals surface area (Å²) in [6, 6.07) is 1.90. The highest BCUT2D eigenvalue weighted by molar-refractivity contribution is 9.10. The predicted molar refractivity (Wildman–Crippen MR) is 71.4 cm³/mol. The molecular weight excluding hydrogens is 296 g/mol. The van der Waals surface area contributed by atoms with Crippen LogP contribution in [0.25, 0.3) is 5.65 Å². The Morgan fingerprint density at radius 2 is 2.22 bits per heavy atom. The van der Waals surface area contributed by atoms with Gasteiger partial charge < -0.3 is 10.5 Å². The number of fused-ring (bicyclic) bond motifs is 1. The molecule has 3 rings (SSSR count). The lowest BCUT2D eigenvalue weighted by Gasteiger charge is -2.20. The van der Waals surface area contributed by atoms with Crippen LogP contribution in [0, 0.1) is 0 Å². The molecule has 0 unspecified atom stereocenters. The highest BCUT2D eigenvalue weighted by atomic mass is 79.9. The number of hydrogen-bond acceptors (Lipinski definition) is 4. The van der Waals surface area contributed by atoms with Gasteiger partial charge in [0.15, 0.2) is 5.65 Å². The summed E-state index contributed by atoms with van der Waals surface area (Å²) < 4.78 is 8.23. The monoisotopic (exact) mass is 310 g/mol. The fourth-order valence-electron chi connectivity index (χ4n) is 2.37. The zero-order valence-corrected chi connectivity index (χ0v) is 11.6. The Hall–Kier alpha value is -0.980. The molecule has 1 aliphatic rings. The van der Waals surface area contributed by atoms with Crippen molar-refractivity contribution in [2.45, 2.75) is 25.3 Å². The number of hydrogen-bond donors (Lipinski definition) is 1. The average molecular weight is 311 g/mol. The Labute approximate surface area is 113 Å². The maximum absolute atomic E-state index is 5.73. The van der Waals surface area contributed by atoms with Crippen LogP contribution >= 0.6 is 15.9 Å². The molecule has 0 radical (unpaired) electrons. The standard InChI is InChI=1S/C12H15BrN4O/c13-10-11(8-2-5-18-6-3-8)16-17-9(7-14)1-4-15-12(10)17/h1,4,8H,2-3,5-7,14H2. The van der Waals surface area contributed by atoms with E-state index in [0.29, 0.717) is 12.5 Å². The van der Waals surface area contributed by atoms with E-state index < -0.39 is 0 Å². The average Bonchev–Trinajstić information content (AvgIpc) is 2.77. The van der Waals surface area contributed by atoms with Crippen LogP contribution in [0.3, 0.4) is 0 Å². The van der Waals surface area contributed by atoms with Gasteiger partial charge in [-0.15, -0.1) is 0 Å². The van der Waals surface area contributed by atoms with Gasteiger partial charge in [-0.2, -0.15) is 5.10 Å². The fourth-order valence-corrected chi connectivity index (χ4v) is 3.04. The van der Waals surface area contributed by atoms with Gasteiger partial charge in [-0.3, -0.25) is 0 Å². The van der Waals surface area contributed by atoms with Gasteiger partial charge in [-0.1, -0.05) is 0 Å². The Morgan fingerprint density at radius 3 is 2.94 bits per heavy atom. The third-order valence-electron chi connectivity index (χ3n) is 3.38. The topological polar surface area (TPSA) is 65.4 Å². The molecule has 2 aromatic heterocycles. The van der Waals surface area contributed by atoms with Gasteiger partial charge in [0.25, 0.3) is 0 Å². The van der Waals surface area contributed by atoms with E-state index in [1.165, 1.54) is 0 Å². The Kier molecular flexibility index (Phi) is 3.32. The minimum Gasteiger partial charge on any atom is -0.381 e. The Morgan fingerprint density at radius 1 is 1.44 bits per heavy atom. The van der Waals surface area contributed by atoms with Crippen molar-refractivity contribution in [2.75, 3.05) is 13.2 Å². The molecule has 1 aliphatic heterocycles. The Bertz CT molecular complexity index is 562. The highest BCUT2D eigenvalue weighted by Crippen LogP contribution is 2.33. The molecule has 1 saturated heterocycles. The lowest BCUT2D eigenvalue weighted by Crippen LogP contribution is -2.15. The van der Waals surface area contributed by atoms with Gasteiger partial charge in [-0.05, 0) is 34.8 Å². The lowest BCUT2D eigenvalue weighted by molar-refractivity contribution is 0.0843. The molecule has 5 nitrogen and oxygen atoms in total. The second kappa shape index (κ2) is 4.95. The number of nitrogens with two attached hydrogens (primary N) is 1. The number of aromatic nitrogens is 3. The van der Waals surface area contributed by atoms with E-state index in [2.05, 4.69) is 26.0 Å². The van der Waals surface area contributed by atoms with Crippen molar-refractivity contribution in [1.82, 2.24) is 14.6 Å². The van der Waals surface area contributed by atoms with Crippen LogP contribution in [0.4, 0.5) is 0 Å². The van der Waals surface area contributed by atoms with Gasteiger partial charge >= 0.3 is 0 Å². The third-order valence-corrected chi connectivity index (χ3v) is 4.14. The lowest BCUT2D eigenvalue weighted by atomic mass is 9.97. The summed E-state index contributed by atoms with van der Waals surface area (Å²) in [5.41, 5.74) is 8.62. The van der Waals surface area contributed by atoms with Crippen LogP contribution < -0.4 is 5.73 Å². The predicted octanol–water partition coefficient (Wildman–Crippen LogP) is 1.84. The van der Waals surface area contributed by atoms with Gasteiger partial charge in [0.2, 0.25) is 0 Å². The molecule has 2 aromatic rings. The van der Waals surface area contributed by atoms with E-state index in [-0.39, 0.29) is 0 Å². The van der Waals surface area contributed by atoms with E-state index in [1.54, 1.807) is 6.20 Å². The summed E-state index contributed by atoms with van der Waals surface area (Å²) in [4.78, 5) is 4.37. The number of nitrogens with zero attached hydrogens (tertiary/aromatic N) is 3. The van der Waals surface area contributed by atoms with Crippen LogP contribution in [-0.2, 0) is 11.3 Å². The maximum Gasteiger partial charge on any atom is 0.169 e. The number of halogens is 1. The van der Waals surface area contributed by atoms with Crippen molar-refractivity contribution in [3.05, 3.63) is 28.1 Å². The molecule has 1 fully saturated rings. The minimum absolute atomic E-state index is 0.445. The first-order valence-electron chi connectivity index (χ1n) is 6.11. The molecule has 0 saturated carbocycles. The van der Waals surface area contributed by atoms with Crippen LogP contribution in [0.5, 0.6) is 0 Å². The summed E-state index contributed by atoms with van der Waals surface area (Å²) >= 11 is 3.62. The van der Waals surface area contributed by atoms with Crippen LogP contribution in [0.15, 0.2) is 16.7 Å². The molecule has 0 aliphatic carbocycles. The molecule has 6 heteroatoms. The molecule has 18 heavy (non-hydrogen) atoms. The molecule has 3 heterocycles. The zero-order chi connectivity index (χ0) is 12.5. The molecule has 0 amide bonds. The summed E-state index contributed by atoms with van der Waals surface area (Å²) in [6.07, 6.45) is 3.80. The molecule has 0 spiro atoms. The zero-order valence-electron chi connectivity index (χ0n) is 9.97. The van der Waals surface area contributed by atoms with E-state index in [0.717, 1.165) is 47.6 Å². The van der Waals surface area contributed by atoms with Crippen molar-refractivity contribution < 1.29 is 4.74 Å². The first kappa shape index (κ1) is 12.1. The molecular formula is C12H15BrN4O. The van der Waals surface area contributed by atoms with E-state index >= 15 is 0 Å². The maximum atomic E-state index is 5.73. The van der Waals surface area contributed by atoms with Gasteiger partial charge in [0.05, 0.1) is 15.9 Å². The van der Waals surface area contributed by atoms with Crippen molar-refractivity contribution in [2.24, 2.45) is 5.73 Å². The minimum atomic E-state index is 0.445. The van der Waals surface area contributed by atoms with Gasteiger partial charge in [0, 0.05) is 31.9 Å². The third kappa shape index (κ3) is 1.94. The van der Waals surface area contributed by atoms with E-state index in [1.807, 2.05) is 10.6 Å². The molecule has 0 bridgehead atoms. The van der Waals surface area contributed by atoms with E-state index in [9.17, 15) is 0 Å². The molecule has 96 valence electrons. The van der Waals surface area contributed by atoms with Crippen molar-refractivity contribution in [3.63, 3.8) is 0 Å². The van der Waals surface area contributed by atoms with Crippen LogP contribution in [-0.4, -0.2) is 27.8 Å². The normalized spacial score (nSPS) is 17.4. The summed E-state index contributed by atoms with van der Waals surface area (Å²) in [6.45, 7) is 2.07. The highest BCUT2D eigenvalue weighted by Gasteiger charge is 2.23. The quantitative estimate of drug-likeness (QED) is 0.919. The smallest absolute Gasteiger partial charge is 0.169 e. The largest absolute Gasteiger partial charge is 0.381 e. The summed E-state index contributed by atoms with van der Waals surface area (Å²) in [5, 5.41) is 4.68. The van der Waals surface area contributed by atoms with Gasteiger partial charge in [0.1, 0.15) is 0 Å². The molecule has 0 aromatic carbocycles. The summed E-state index contributed by atoms with van der Waals surface area (Å²) in [7, 11) is 0.